The van der Waals surface area contributed by atoms with Crippen LogP contribution in [-0.2, 0) is 4.79 Å². The van der Waals surface area contributed by atoms with Crippen LogP contribution in [0.15, 0.2) is 24.3 Å². The molecule has 5 heteroatoms. The Labute approximate surface area is 208 Å². The highest BCUT2D eigenvalue weighted by Crippen LogP contribution is 2.18. The highest BCUT2D eigenvalue weighted by molar-refractivity contribution is 7.80. The second-order valence-corrected chi connectivity index (χ2v) is 9.49. The summed E-state index contributed by atoms with van der Waals surface area (Å²) in [5.74, 6) is 0.813. The van der Waals surface area contributed by atoms with Crippen LogP contribution < -0.4 is 15.4 Å². The summed E-state index contributed by atoms with van der Waals surface area (Å²) in [5, 5.41) is 6.24. The molecule has 0 spiro atoms. The molecule has 0 saturated heterocycles. The smallest absolute Gasteiger partial charge is 0.226 e. The standard InChI is InChI=1S/C28H48N2O2S/c1-3-5-7-9-10-11-12-13-14-15-17-22-27(31)30-28(33)29-25-20-19-21-26(24-25)32-23-18-16-8-6-4-2/h19-21,24H,3-18,22-23H2,1-2H3,(H2,29,30,31,33). The number of thiocarbonyl (C=S) groups is 1. The van der Waals surface area contributed by atoms with Crippen LogP contribution in [0.25, 0.3) is 0 Å². The van der Waals surface area contributed by atoms with Gasteiger partial charge in [0.05, 0.1) is 6.61 Å². The fourth-order valence-electron chi connectivity index (χ4n) is 3.86. The zero-order valence-electron chi connectivity index (χ0n) is 21.3. The molecule has 33 heavy (non-hydrogen) atoms. The van der Waals surface area contributed by atoms with Crippen molar-refractivity contribution >= 4 is 28.9 Å². The Bertz CT molecular complexity index is 636. The molecule has 0 aromatic heterocycles. The highest BCUT2D eigenvalue weighted by Gasteiger charge is 2.06. The Morgan fingerprint density at radius 3 is 1.94 bits per heavy atom. The molecule has 0 aliphatic rings. The quantitative estimate of drug-likeness (QED) is 0.146. The molecule has 0 bridgehead atoms. The van der Waals surface area contributed by atoms with Gasteiger partial charge in [-0.3, -0.25) is 4.79 Å². The van der Waals surface area contributed by atoms with E-state index in [1.54, 1.807) is 0 Å². The zero-order chi connectivity index (χ0) is 24.0. The number of unbranched alkanes of at least 4 members (excludes halogenated alkanes) is 14. The number of hydrogen-bond acceptors (Lipinski definition) is 3. The molecule has 0 radical (unpaired) electrons. The summed E-state index contributed by atoms with van der Waals surface area (Å²) < 4.78 is 5.84. The van der Waals surface area contributed by atoms with Crippen molar-refractivity contribution in [1.82, 2.24) is 5.32 Å². The van der Waals surface area contributed by atoms with Crippen LogP contribution in [0.4, 0.5) is 5.69 Å². The summed E-state index contributed by atoms with van der Waals surface area (Å²) in [4.78, 5) is 12.2. The van der Waals surface area contributed by atoms with E-state index in [0.29, 0.717) is 11.5 Å². The minimum Gasteiger partial charge on any atom is -0.494 e. The Balaban J connectivity index is 2.09. The number of rotatable bonds is 20. The molecule has 0 unspecified atom stereocenters. The van der Waals surface area contributed by atoms with Crippen LogP contribution in [0, 0.1) is 0 Å². The maximum absolute atomic E-state index is 12.2. The van der Waals surface area contributed by atoms with Gasteiger partial charge in [-0.15, -0.1) is 0 Å². The number of benzene rings is 1. The second kappa shape index (κ2) is 20.9. The van der Waals surface area contributed by atoms with Gasteiger partial charge in [-0.2, -0.15) is 0 Å². The predicted octanol–water partition coefficient (Wildman–Crippen LogP) is 8.55. The van der Waals surface area contributed by atoms with Crippen molar-refractivity contribution in [2.75, 3.05) is 11.9 Å². The van der Waals surface area contributed by atoms with Gasteiger partial charge in [-0.1, -0.05) is 110 Å². The van der Waals surface area contributed by atoms with Crippen LogP contribution in [0.2, 0.25) is 0 Å². The molecule has 1 aromatic carbocycles. The number of anilines is 1. The lowest BCUT2D eigenvalue weighted by atomic mass is 10.1. The molecule has 1 rings (SSSR count). The van der Waals surface area contributed by atoms with Crippen molar-refractivity contribution in [3.63, 3.8) is 0 Å². The van der Waals surface area contributed by atoms with E-state index in [9.17, 15) is 4.79 Å². The van der Waals surface area contributed by atoms with E-state index in [1.807, 2.05) is 24.3 Å². The second-order valence-electron chi connectivity index (χ2n) is 9.08. The molecule has 188 valence electrons. The molecular formula is C28H48N2O2S. The number of carbonyl (C=O) groups excluding carboxylic acids is 1. The van der Waals surface area contributed by atoms with E-state index < -0.39 is 0 Å². The number of amides is 1. The summed E-state index contributed by atoms with van der Waals surface area (Å²) >= 11 is 5.31. The van der Waals surface area contributed by atoms with Crippen molar-refractivity contribution in [3.05, 3.63) is 24.3 Å². The Morgan fingerprint density at radius 1 is 0.788 bits per heavy atom. The lowest BCUT2D eigenvalue weighted by molar-refractivity contribution is -0.119. The molecule has 1 amide bonds. The fraction of sp³-hybridized carbons (Fsp3) is 0.714. The van der Waals surface area contributed by atoms with Crippen molar-refractivity contribution in [2.45, 2.75) is 123 Å². The van der Waals surface area contributed by atoms with E-state index in [-0.39, 0.29) is 5.91 Å². The molecule has 4 nitrogen and oxygen atoms in total. The summed E-state index contributed by atoms with van der Waals surface area (Å²) in [5.41, 5.74) is 0.832. The van der Waals surface area contributed by atoms with E-state index in [2.05, 4.69) is 24.5 Å². The van der Waals surface area contributed by atoms with Crippen molar-refractivity contribution in [1.29, 1.82) is 0 Å². The summed E-state index contributed by atoms with van der Waals surface area (Å²) in [6, 6.07) is 7.74. The largest absolute Gasteiger partial charge is 0.494 e. The third-order valence-electron chi connectivity index (χ3n) is 5.87. The summed E-state index contributed by atoms with van der Waals surface area (Å²) in [6.45, 7) is 5.21. The maximum atomic E-state index is 12.2. The molecule has 0 saturated carbocycles. The molecule has 0 aliphatic carbocycles. The Kier molecular flexibility index (Phi) is 18.7. The first-order chi connectivity index (χ1) is 16.2. The third kappa shape index (κ3) is 17.5. The summed E-state index contributed by atoms with van der Waals surface area (Å²) in [6.07, 6.45) is 20.7. The van der Waals surface area contributed by atoms with Gasteiger partial charge in [0, 0.05) is 18.2 Å². The monoisotopic (exact) mass is 476 g/mol. The zero-order valence-corrected chi connectivity index (χ0v) is 22.1. The first-order valence-corrected chi connectivity index (χ1v) is 13.9. The topological polar surface area (TPSA) is 50.4 Å². The first-order valence-electron chi connectivity index (χ1n) is 13.5. The van der Waals surface area contributed by atoms with Crippen molar-refractivity contribution in [2.24, 2.45) is 0 Å². The minimum atomic E-state index is -0.0112. The van der Waals surface area contributed by atoms with Crippen molar-refractivity contribution in [3.8, 4) is 5.75 Å². The van der Waals surface area contributed by atoms with Crippen LogP contribution in [0.1, 0.15) is 123 Å². The van der Waals surface area contributed by atoms with E-state index in [4.69, 9.17) is 17.0 Å². The van der Waals surface area contributed by atoms with Gasteiger partial charge in [-0.05, 0) is 37.2 Å². The maximum Gasteiger partial charge on any atom is 0.226 e. The average Bonchev–Trinajstić information content (AvgIpc) is 2.80. The number of ether oxygens (including phenoxy) is 1. The molecule has 1 aromatic rings. The van der Waals surface area contributed by atoms with Crippen LogP contribution in [-0.4, -0.2) is 17.6 Å². The van der Waals surface area contributed by atoms with Gasteiger partial charge in [0.25, 0.3) is 0 Å². The lowest BCUT2D eigenvalue weighted by Crippen LogP contribution is -2.33. The number of carbonyl (C=O) groups is 1. The van der Waals surface area contributed by atoms with Crippen molar-refractivity contribution < 1.29 is 9.53 Å². The molecule has 0 atom stereocenters. The summed E-state index contributed by atoms with van der Waals surface area (Å²) in [7, 11) is 0. The molecule has 0 aliphatic heterocycles. The van der Waals surface area contributed by atoms with Gasteiger partial charge in [0.2, 0.25) is 5.91 Å². The SMILES string of the molecule is CCCCCCCCCCCCCC(=O)NC(=S)Nc1cccc(OCCCCCCC)c1. The Morgan fingerprint density at radius 2 is 1.33 bits per heavy atom. The predicted molar refractivity (Wildman–Crippen MR) is 146 cm³/mol. The van der Waals surface area contributed by atoms with Crippen LogP contribution in [0.5, 0.6) is 5.75 Å². The fourth-order valence-corrected chi connectivity index (χ4v) is 4.09. The van der Waals surface area contributed by atoms with Gasteiger partial charge in [-0.25, -0.2) is 0 Å². The average molecular weight is 477 g/mol. The van der Waals surface area contributed by atoms with Gasteiger partial charge < -0.3 is 15.4 Å². The molecule has 0 fully saturated rings. The van der Waals surface area contributed by atoms with Crippen LogP contribution >= 0.6 is 12.2 Å². The normalized spacial score (nSPS) is 10.7. The highest BCUT2D eigenvalue weighted by atomic mass is 32.1. The molecule has 0 heterocycles. The van der Waals surface area contributed by atoms with Gasteiger partial charge in [0.1, 0.15) is 5.75 Å². The number of hydrogen-bond donors (Lipinski definition) is 2. The van der Waals surface area contributed by atoms with Gasteiger partial charge in [0.15, 0.2) is 5.11 Å². The Hall–Kier alpha value is -1.62. The first kappa shape index (κ1) is 29.4. The van der Waals surface area contributed by atoms with Gasteiger partial charge >= 0.3 is 0 Å². The van der Waals surface area contributed by atoms with E-state index >= 15 is 0 Å². The molecule has 2 N–H and O–H groups in total. The van der Waals surface area contributed by atoms with Crippen LogP contribution in [0.3, 0.4) is 0 Å². The van der Waals surface area contributed by atoms with E-state index in [0.717, 1.165) is 37.3 Å². The third-order valence-corrected chi connectivity index (χ3v) is 6.07. The number of nitrogens with one attached hydrogen (secondary N) is 2. The minimum absolute atomic E-state index is 0.0112. The van der Waals surface area contributed by atoms with E-state index in [1.165, 1.54) is 83.5 Å². The molecular weight excluding hydrogens is 428 g/mol. The lowest BCUT2D eigenvalue weighted by Gasteiger charge is -2.11.